The molecule has 1 rings (SSSR count). The van der Waals surface area contributed by atoms with Crippen LogP contribution in [0, 0.1) is 0 Å². The lowest BCUT2D eigenvalue weighted by Crippen LogP contribution is -2.27. The Morgan fingerprint density at radius 1 is 1.67 bits per heavy atom. The Morgan fingerprint density at radius 2 is 2.50 bits per heavy atom. The number of hydrogen-bond donors (Lipinski definition) is 2. The van der Waals surface area contributed by atoms with Gasteiger partial charge in [0, 0.05) is 12.6 Å². The van der Waals surface area contributed by atoms with Gasteiger partial charge < -0.3 is 0 Å². The fourth-order valence-corrected chi connectivity index (χ4v) is 0.607. The first-order chi connectivity index (χ1) is 2.89. The molecular formula is C4H10N2. The van der Waals surface area contributed by atoms with Crippen molar-refractivity contribution in [2.45, 2.75) is 19.4 Å². The van der Waals surface area contributed by atoms with E-state index in [1.54, 1.807) is 0 Å². The Labute approximate surface area is 37.9 Å². The molecule has 1 fully saturated rings. The zero-order valence-electron chi connectivity index (χ0n) is 3.99. The molecule has 2 N–H and O–H groups in total. The van der Waals surface area contributed by atoms with E-state index < -0.39 is 0 Å². The Hall–Kier alpha value is -0.0800. The van der Waals surface area contributed by atoms with Crippen LogP contribution in [0.25, 0.3) is 0 Å². The van der Waals surface area contributed by atoms with Crippen molar-refractivity contribution in [2.24, 2.45) is 0 Å². The van der Waals surface area contributed by atoms with Crippen LogP contribution in [0.15, 0.2) is 0 Å². The molecule has 0 unspecified atom stereocenters. The maximum Gasteiger partial charge on any atom is 0.0197 e. The number of hydrogen-bond acceptors (Lipinski definition) is 2. The van der Waals surface area contributed by atoms with Crippen LogP contribution >= 0.6 is 0 Å². The second-order valence-electron chi connectivity index (χ2n) is 1.76. The van der Waals surface area contributed by atoms with Crippen LogP contribution in [0.5, 0.6) is 0 Å². The van der Waals surface area contributed by atoms with Gasteiger partial charge in [-0.3, -0.25) is 10.9 Å². The average Bonchev–Trinajstić information content (AvgIpc) is 1.86. The molecule has 0 saturated carbocycles. The minimum Gasteiger partial charge on any atom is -0.258 e. The fraction of sp³-hybridized carbons (Fsp3) is 1.00. The molecule has 2 nitrogen and oxygen atoms in total. The molecule has 0 amide bonds. The quantitative estimate of drug-likeness (QED) is 0.429. The van der Waals surface area contributed by atoms with Crippen LogP contribution in [0.2, 0.25) is 0 Å². The van der Waals surface area contributed by atoms with Gasteiger partial charge in [-0.2, -0.15) is 0 Å². The van der Waals surface area contributed by atoms with Crippen molar-refractivity contribution < 1.29 is 0 Å². The van der Waals surface area contributed by atoms with Crippen molar-refractivity contribution in [1.29, 1.82) is 0 Å². The highest BCUT2D eigenvalue weighted by Crippen LogP contribution is 1.90. The lowest BCUT2D eigenvalue weighted by molar-refractivity contribution is 0.594. The molecule has 6 heavy (non-hydrogen) atoms. The maximum atomic E-state index is 3.07. The van der Waals surface area contributed by atoms with Crippen LogP contribution in [0.3, 0.4) is 0 Å². The summed E-state index contributed by atoms with van der Waals surface area (Å²) in [5, 5.41) is 0. The van der Waals surface area contributed by atoms with Crippen molar-refractivity contribution in [3.63, 3.8) is 0 Å². The van der Waals surface area contributed by atoms with Gasteiger partial charge in [-0.05, 0) is 13.3 Å². The molecule has 0 bridgehead atoms. The van der Waals surface area contributed by atoms with Gasteiger partial charge in [0.25, 0.3) is 0 Å². The first-order valence-electron chi connectivity index (χ1n) is 2.38. The highest BCUT2D eigenvalue weighted by atomic mass is 15.4. The summed E-state index contributed by atoms with van der Waals surface area (Å²) in [6.45, 7) is 3.29. The minimum absolute atomic E-state index is 0.685. The Bertz CT molecular complexity index is 38.8. The van der Waals surface area contributed by atoms with Gasteiger partial charge in [0.2, 0.25) is 0 Å². The highest BCUT2D eigenvalue weighted by Gasteiger charge is 2.04. The summed E-state index contributed by atoms with van der Waals surface area (Å²) in [5.41, 5.74) is 6.09. The summed E-state index contributed by atoms with van der Waals surface area (Å²) in [5.74, 6) is 0. The lowest BCUT2D eigenvalue weighted by Gasteiger charge is -1.94. The van der Waals surface area contributed by atoms with Crippen LogP contribution in [-0.4, -0.2) is 12.6 Å². The third-order valence-electron chi connectivity index (χ3n) is 1.05. The largest absolute Gasteiger partial charge is 0.258 e. The third kappa shape index (κ3) is 0.698. The molecule has 1 atom stereocenters. The van der Waals surface area contributed by atoms with Crippen LogP contribution in [-0.2, 0) is 0 Å². The summed E-state index contributed by atoms with van der Waals surface area (Å²) in [7, 11) is 0. The van der Waals surface area contributed by atoms with Crippen molar-refractivity contribution >= 4 is 0 Å². The van der Waals surface area contributed by atoms with E-state index in [-0.39, 0.29) is 0 Å². The van der Waals surface area contributed by atoms with Crippen molar-refractivity contribution in [1.82, 2.24) is 10.9 Å². The van der Waals surface area contributed by atoms with Gasteiger partial charge >= 0.3 is 0 Å². The summed E-state index contributed by atoms with van der Waals surface area (Å²) >= 11 is 0. The Kier molecular flexibility index (Phi) is 1.08. The van der Waals surface area contributed by atoms with Crippen molar-refractivity contribution in [3.8, 4) is 0 Å². The summed E-state index contributed by atoms with van der Waals surface area (Å²) < 4.78 is 0. The maximum absolute atomic E-state index is 3.07. The smallest absolute Gasteiger partial charge is 0.0197 e. The number of nitrogens with one attached hydrogen (secondary N) is 2. The van der Waals surface area contributed by atoms with E-state index in [1.807, 2.05) is 0 Å². The van der Waals surface area contributed by atoms with Crippen molar-refractivity contribution in [2.75, 3.05) is 6.54 Å². The van der Waals surface area contributed by atoms with E-state index in [4.69, 9.17) is 0 Å². The lowest BCUT2D eigenvalue weighted by atomic mass is 10.3. The Balaban J connectivity index is 2.18. The second-order valence-corrected chi connectivity index (χ2v) is 1.76. The molecule has 0 aliphatic carbocycles. The van der Waals surface area contributed by atoms with E-state index in [1.165, 1.54) is 6.42 Å². The second kappa shape index (κ2) is 1.58. The van der Waals surface area contributed by atoms with Gasteiger partial charge in [0.1, 0.15) is 0 Å². The van der Waals surface area contributed by atoms with E-state index in [0.717, 1.165) is 6.54 Å². The summed E-state index contributed by atoms with van der Waals surface area (Å²) in [4.78, 5) is 0. The molecule has 0 spiro atoms. The molecule has 0 aromatic heterocycles. The molecule has 0 radical (unpaired) electrons. The van der Waals surface area contributed by atoms with E-state index in [2.05, 4.69) is 17.8 Å². The monoisotopic (exact) mass is 86.1 g/mol. The molecule has 0 aromatic rings. The molecule has 1 aliphatic rings. The summed E-state index contributed by atoms with van der Waals surface area (Å²) in [6.07, 6.45) is 1.26. The predicted octanol–water partition coefficient (Wildman–Crippen LogP) is -0.127. The fourth-order valence-electron chi connectivity index (χ4n) is 0.607. The topological polar surface area (TPSA) is 24.1 Å². The van der Waals surface area contributed by atoms with Crippen LogP contribution < -0.4 is 10.9 Å². The normalized spacial score (nSPS) is 34.5. The average molecular weight is 86.1 g/mol. The zero-order chi connectivity index (χ0) is 4.41. The Morgan fingerprint density at radius 3 is 2.67 bits per heavy atom. The molecule has 1 heterocycles. The number of hydrazine groups is 1. The first kappa shape index (κ1) is 4.09. The van der Waals surface area contributed by atoms with E-state index in [9.17, 15) is 0 Å². The minimum atomic E-state index is 0.685. The van der Waals surface area contributed by atoms with Gasteiger partial charge in [0.05, 0.1) is 0 Å². The van der Waals surface area contributed by atoms with Gasteiger partial charge in [-0.25, -0.2) is 0 Å². The molecule has 1 saturated heterocycles. The third-order valence-corrected chi connectivity index (χ3v) is 1.05. The molecule has 1 aliphatic heterocycles. The van der Waals surface area contributed by atoms with E-state index >= 15 is 0 Å². The predicted molar refractivity (Wildman–Crippen MR) is 25.2 cm³/mol. The summed E-state index contributed by atoms with van der Waals surface area (Å²) in [6, 6.07) is 0.685. The van der Waals surface area contributed by atoms with Crippen LogP contribution in [0.4, 0.5) is 0 Å². The standard InChI is InChI=1S/C4H10N2/c1-4-2-3-5-6-4/h4-6H,2-3H2,1H3/t4-/m0/s1. The van der Waals surface area contributed by atoms with E-state index in [0.29, 0.717) is 6.04 Å². The van der Waals surface area contributed by atoms with Gasteiger partial charge in [-0.1, -0.05) is 0 Å². The van der Waals surface area contributed by atoms with Gasteiger partial charge in [-0.15, -0.1) is 0 Å². The van der Waals surface area contributed by atoms with Gasteiger partial charge in [0.15, 0.2) is 0 Å². The highest BCUT2D eigenvalue weighted by molar-refractivity contribution is 4.64. The zero-order valence-corrected chi connectivity index (χ0v) is 3.99. The molecule has 0 aromatic carbocycles. The van der Waals surface area contributed by atoms with Crippen molar-refractivity contribution in [3.05, 3.63) is 0 Å². The molecule has 36 valence electrons. The first-order valence-corrected chi connectivity index (χ1v) is 2.38. The molecule has 2 heteroatoms. The molecular weight excluding hydrogens is 76.1 g/mol. The SMILES string of the molecule is C[C@H]1CCNN1. The van der Waals surface area contributed by atoms with Crippen LogP contribution in [0.1, 0.15) is 13.3 Å². The number of rotatable bonds is 0.